The van der Waals surface area contributed by atoms with Crippen LogP contribution in [0.15, 0.2) is 18.2 Å². The second-order valence-electron chi connectivity index (χ2n) is 3.57. The van der Waals surface area contributed by atoms with E-state index in [9.17, 15) is 4.79 Å². The van der Waals surface area contributed by atoms with Gasteiger partial charge in [-0.1, -0.05) is 15.9 Å². The van der Waals surface area contributed by atoms with Gasteiger partial charge in [-0.15, -0.1) is 0 Å². The SMILES string of the molecule is CCOc1ccc(C(=O)C(C)Br)c(CC#N)c1. The largest absolute Gasteiger partial charge is 0.494 e. The highest BCUT2D eigenvalue weighted by atomic mass is 79.9. The molecule has 0 heterocycles. The van der Waals surface area contributed by atoms with Crippen molar-refractivity contribution >= 4 is 21.7 Å². The zero-order valence-corrected chi connectivity index (χ0v) is 11.5. The first-order chi connectivity index (χ1) is 8.10. The number of Topliss-reactive ketones (excluding diaryl/α,β-unsaturated/α-hetero) is 1. The third-order valence-electron chi connectivity index (χ3n) is 2.28. The Labute approximate surface area is 110 Å². The molecular weight excluding hydrogens is 282 g/mol. The van der Waals surface area contributed by atoms with Crippen molar-refractivity contribution in [3.63, 3.8) is 0 Å². The van der Waals surface area contributed by atoms with E-state index in [4.69, 9.17) is 10.00 Å². The highest BCUT2D eigenvalue weighted by Gasteiger charge is 2.16. The number of ether oxygens (including phenoxy) is 1. The number of nitriles is 1. The molecule has 0 saturated heterocycles. The fraction of sp³-hybridized carbons (Fsp3) is 0.385. The van der Waals surface area contributed by atoms with Crippen molar-refractivity contribution in [2.24, 2.45) is 0 Å². The fourth-order valence-corrected chi connectivity index (χ4v) is 1.76. The predicted molar refractivity (Wildman–Crippen MR) is 69.6 cm³/mol. The summed E-state index contributed by atoms with van der Waals surface area (Å²) < 4.78 is 5.36. The van der Waals surface area contributed by atoms with Crippen LogP contribution in [0.25, 0.3) is 0 Å². The van der Waals surface area contributed by atoms with Gasteiger partial charge in [0, 0.05) is 5.56 Å². The zero-order chi connectivity index (χ0) is 12.8. The molecule has 4 heteroatoms. The Kier molecular flexibility index (Phi) is 5.17. The molecule has 0 aliphatic rings. The van der Waals surface area contributed by atoms with Gasteiger partial charge in [-0.05, 0) is 37.6 Å². The summed E-state index contributed by atoms with van der Waals surface area (Å²) in [7, 11) is 0. The molecule has 1 rings (SSSR count). The molecule has 0 aliphatic heterocycles. The van der Waals surface area contributed by atoms with Gasteiger partial charge in [0.25, 0.3) is 0 Å². The molecule has 0 N–H and O–H groups in total. The number of benzene rings is 1. The maximum atomic E-state index is 11.9. The van der Waals surface area contributed by atoms with Crippen LogP contribution in [0.3, 0.4) is 0 Å². The number of hydrogen-bond acceptors (Lipinski definition) is 3. The summed E-state index contributed by atoms with van der Waals surface area (Å²) in [5.41, 5.74) is 1.30. The lowest BCUT2D eigenvalue weighted by Gasteiger charge is -2.10. The van der Waals surface area contributed by atoms with Crippen LogP contribution in [0, 0.1) is 11.3 Å². The van der Waals surface area contributed by atoms with E-state index in [1.54, 1.807) is 25.1 Å². The standard InChI is InChI=1S/C13H14BrNO2/c1-3-17-11-4-5-12(13(16)9(2)14)10(8-11)6-7-15/h4-5,8-9H,3,6H2,1-2H3. The Morgan fingerprint density at radius 3 is 2.82 bits per heavy atom. The Balaban J connectivity index is 3.13. The molecule has 0 saturated carbocycles. The molecule has 0 spiro atoms. The minimum Gasteiger partial charge on any atom is -0.494 e. The van der Waals surface area contributed by atoms with E-state index >= 15 is 0 Å². The molecule has 17 heavy (non-hydrogen) atoms. The van der Waals surface area contributed by atoms with Crippen LogP contribution in [-0.2, 0) is 6.42 Å². The molecule has 0 aromatic heterocycles. The second-order valence-corrected chi connectivity index (χ2v) is 4.94. The smallest absolute Gasteiger partial charge is 0.176 e. The Hall–Kier alpha value is -1.34. The molecule has 0 fully saturated rings. The molecule has 1 atom stereocenters. The minimum absolute atomic E-state index is 0.0155. The van der Waals surface area contributed by atoms with E-state index in [-0.39, 0.29) is 17.0 Å². The van der Waals surface area contributed by atoms with Gasteiger partial charge in [0.2, 0.25) is 0 Å². The summed E-state index contributed by atoms with van der Waals surface area (Å²) in [6, 6.07) is 7.30. The molecule has 1 aromatic rings. The molecule has 3 nitrogen and oxygen atoms in total. The lowest BCUT2D eigenvalue weighted by molar-refractivity contribution is 0.0995. The van der Waals surface area contributed by atoms with Crippen molar-refractivity contribution in [2.45, 2.75) is 25.1 Å². The number of ketones is 1. The van der Waals surface area contributed by atoms with Crippen molar-refractivity contribution in [2.75, 3.05) is 6.61 Å². The Bertz CT molecular complexity index is 449. The number of halogens is 1. The zero-order valence-electron chi connectivity index (χ0n) is 9.87. The van der Waals surface area contributed by atoms with Gasteiger partial charge < -0.3 is 4.74 Å². The van der Waals surface area contributed by atoms with Crippen LogP contribution in [0.4, 0.5) is 0 Å². The Morgan fingerprint density at radius 1 is 1.59 bits per heavy atom. The summed E-state index contributed by atoms with van der Waals surface area (Å²) in [5, 5.41) is 8.77. The highest BCUT2D eigenvalue weighted by molar-refractivity contribution is 9.10. The maximum Gasteiger partial charge on any atom is 0.176 e. The molecule has 0 amide bonds. The molecule has 1 aromatic carbocycles. The number of carbonyl (C=O) groups excluding carboxylic acids is 1. The molecule has 1 unspecified atom stereocenters. The number of nitrogens with zero attached hydrogens (tertiary/aromatic N) is 1. The van der Waals surface area contributed by atoms with Crippen molar-refractivity contribution < 1.29 is 9.53 Å². The topological polar surface area (TPSA) is 50.1 Å². The van der Waals surface area contributed by atoms with E-state index in [0.29, 0.717) is 17.9 Å². The Morgan fingerprint density at radius 2 is 2.29 bits per heavy atom. The summed E-state index contributed by atoms with van der Waals surface area (Å²) in [5.74, 6) is 0.676. The molecule has 90 valence electrons. The highest BCUT2D eigenvalue weighted by Crippen LogP contribution is 2.21. The predicted octanol–water partition coefficient (Wildman–Crippen LogP) is 3.12. The van der Waals surface area contributed by atoms with Gasteiger partial charge >= 0.3 is 0 Å². The van der Waals surface area contributed by atoms with Gasteiger partial charge in [0.15, 0.2) is 5.78 Å². The van der Waals surface area contributed by atoms with Crippen molar-refractivity contribution in [1.29, 1.82) is 5.26 Å². The average Bonchev–Trinajstić information content (AvgIpc) is 2.29. The van der Waals surface area contributed by atoms with Gasteiger partial charge in [-0.25, -0.2) is 0 Å². The summed E-state index contributed by atoms with van der Waals surface area (Å²) in [6.45, 7) is 4.23. The maximum absolute atomic E-state index is 11.9. The van der Waals surface area contributed by atoms with E-state index in [1.165, 1.54) is 0 Å². The molecule has 0 bridgehead atoms. The molecular formula is C13H14BrNO2. The fourth-order valence-electron chi connectivity index (χ4n) is 1.51. The van der Waals surface area contributed by atoms with Gasteiger partial charge in [-0.2, -0.15) is 5.26 Å². The second kappa shape index (κ2) is 6.41. The van der Waals surface area contributed by atoms with Crippen LogP contribution in [-0.4, -0.2) is 17.2 Å². The minimum atomic E-state index is -0.252. The van der Waals surface area contributed by atoms with Crippen LogP contribution in [0.1, 0.15) is 29.8 Å². The third-order valence-corrected chi connectivity index (χ3v) is 2.70. The van der Waals surface area contributed by atoms with Gasteiger partial charge in [0.05, 0.1) is 23.9 Å². The summed E-state index contributed by atoms with van der Waals surface area (Å²) in [4.78, 5) is 11.7. The number of hydrogen-bond donors (Lipinski definition) is 0. The van der Waals surface area contributed by atoms with Crippen LogP contribution in [0.2, 0.25) is 0 Å². The lowest BCUT2D eigenvalue weighted by Crippen LogP contribution is -2.12. The summed E-state index contributed by atoms with van der Waals surface area (Å²) in [6.07, 6.45) is 0.210. The average molecular weight is 296 g/mol. The monoisotopic (exact) mass is 295 g/mol. The third kappa shape index (κ3) is 3.57. The molecule has 0 radical (unpaired) electrons. The van der Waals surface area contributed by atoms with Crippen LogP contribution >= 0.6 is 15.9 Å². The number of rotatable bonds is 5. The van der Waals surface area contributed by atoms with Crippen molar-refractivity contribution in [1.82, 2.24) is 0 Å². The first-order valence-electron chi connectivity index (χ1n) is 5.41. The number of carbonyl (C=O) groups is 1. The van der Waals surface area contributed by atoms with E-state index in [0.717, 1.165) is 5.56 Å². The van der Waals surface area contributed by atoms with E-state index < -0.39 is 0 Å². The van der Waals surface area contributed by atoms with Crippen molar-refractivity contribution in [3.05, 3.63) is 29.3 Å². The van der Waals surface area contributed by atoms with Gasteiger partial charge in [-0.3, -0.25) is 4.79 Å². The van der Waals surface area contributed by atoms with Gasteiger partial charge in [0.1, 0.15) is 5.75 Å². The first kappa shape index (κ1) is 13.7. The van der Waals surface area contributed by atoms with Crippen LogP contribution in [0.5, 0.6) is 5.75 Å². The van der Waals surface area contributed by atoms with E-state index in [1.807, 2.05) is 6.92 Å². The quantitative estimate of drug-likeness (QED) is 0.619. The van der Waals surface area contributed by atoms with E-state index in [2.05, 4.69) is 22.0 Å². The number of alkyl halides is 1. The first-order valence-corrected chi connectivity index (χ1v) is 6.32. The van der Waals surface area contributed by atoms with Crippen LogP contribution < -0.4 is 4.74 Å². The molecule has 0 aliphatic carbocycles. The lowest BCUT2D eigenvalue weighted by atomic mass is 10.00. The van der Waals surface area contributed by atoms with Crippen molar-refractivity contribution in [3.8, 4) is 11.8 Å². The summed E-state index contributed by atoms with van der Waals surface area (Å²) >= 11 is 3.25. The normalized spacial score (nSPS) is 11.6.